The highest BCUT2D eigenvalue weighted by atomic mass is 32.5. The molecule has 0 saturated carbocycles. The number of hydrogen-bond donors (Lipinski definition) is 6. The Hall–Kier alpha value is -3.37. The zero-order chi connectivity index (χ0) is 30.1. The van der Waals surface area contributed by atoms with E-state index in [1.807, 2.05) is 0 Å². The third-order valence-corrected chi connectivity index (χ3v) is 10.1. The SMILES string of the molecule is C[C@]1(F)[C@@H](CO)O[C@@H](n2nnc3c(=O)[nH]c(N)nc32)[C@@H]1P(O)(=S)OC[C@H]1O[C@@H](n2nnc3c(N)ncnc32)[C@@H](F)[C@@H]1O. The number of hydrogen-bond acceptors (Lipinski definition) is 16. The van der Waals surface area contributed by atoms with Gasteiger partial charge in [-0.2, -0.15) is 14.3 Å². The standard InChI is InChI=1S/C19H23F2N12O7PS/c1-19(21)6(2-34)40-17(33-14-9(29-31-33)15(36)27-18(23)26-14)11(19)41(37,42)38-3-5-10(35)7(20)16(39-5)32-13-8(28-30-32)12(22)24-4-25-13/h4-7,10-11,16-17,34-35H,2-3H2,1H3,(H,37,42)(H2,22,24,25)(H3,23,26,27,36)/t5-,6-,7+,10-,11+,16-,17-,19+,41?/m1/s1. The van der Waals surface area contributed by atoms with E-state index in [4.69, 9.17) is 37.3 Å². The number of halogens is 2. The highest BCUT2D eigenvalue weighted by Crippen LogP contribution is 2.62. The monoisotopic (exact) mass is 632 g/mol. The van der Waals surface area contributed by atoms with Crippen LogP contribution in [0, 0.1) is 0 Å². The average Bonchev–Trinajstić information content (AvgIpc) is 3.67. The first kappa shape index (κ1) is 28.7. The second-order valence-electron chi connectivity index (χ2n) is 9.78. The number of fused-ring (bicyclic) bond motifs is 2. The van der Waals surface area contributed by atoms with Gasteiger partial charge < -0.3 is 40.6 Å². The van der Waals surface area contributed by atoms with E-state index in [1.165, 1.54) is 0 Å². The number of nitrogens with zero attached hydrogens (tertiary/aromatic N) is 9. The number of aromatic nitrogens is 10. The molecule has 4 aromatic rings. The number of rotatable bonds is 7. The fraction of sp³-hybridized carbons (Fsp3) is 0.579. The molecule has 0 spiro atoms. The maximum atomic E-state index is 16.2. The van der Waals surface area contributed by atoms with Gasteiger partial charge in [0.1, 0.15) is 30.3 Å². The van der Waals surface area contributed by atoms with Gasteiger partial charge in [-0.25, -0.2) is 18.7 Å². The third kappa shape index (κ3) is 4.41. The summed E-state index contributed by atoms with van der Waals surface area (Å²) in [6.45, 7) is -4.82. The van der Waals surface area contributed by atoms with Crippen LogP contribution in [0.25, 0.3) is 22.3 Å². The van der Waals surface area contributed by atoms with Crippen LogP contribution in [0.1, 0.15) is 19.4 Å². The molecule has 0 aromatic carbocycles. The zero-order valence-corrected chi connectivity index (χ0v) is 23.0. The molecule has 0 amide bonds. The molecule has 6 heterocycles. The highest BCUT2D eigenvalue weighted by molar-refractivity contribution is 8.09. The molecule has 1 unspecified atom stereocenters. The van der Waals surface area contributed by atoms with Crippen molar-refractivity contribution < 1.29 is 37.9 Å². The lowest BCUT2D eigenvalue weighted by atomic mass is 9.99. The summed E-state index contributed by atoms with van der Waals surface area (Å²) in [6, 6.07) is 0. The molecule has 0 bridgehead atoms. The molecule has 23 heteroatoms. The van der Waals surface area contributed by atoms with Crippen LogP contribution >= 0.6 is 6.49 Å². The first-order valence-corrected chi connectivity index (χ1v) is 14.9. The molecular formula is C19H23F2N12O7PS. The predicted molar refractivity (Wildman–Crippen MR) is 139 cm³/mol. The summed E-state index contributed by atoms with van der Waals surface area (Å²) in [5.74, 6) is -0.309. The van der Waals surface area contributed by atoms with Gasteiger partial charge in [0, 0.05) is 0 Å². The van der Waals surface area contributed by atoms with E-state index in [9.17, 15) is 19.9 Å². The van der Waals surface area contributed by atoms with E-state index in [0.717, 1.165) is 22.6 Å². The molecule has 42 heavy (non-hydrogen) atoms. The van der Waals surface area contributed by atoms with E-state index in [0.29, 0.717) is 0 Å². The number of anilines is 2. The molecule has 2 saturated heterocycles. The highest BCUT2D eigenvalue weighted by Gasteiger charge is 2.62. The Balaban J connectivity index is 1.27. The summed E-state index contributed by atoms with van der Waals surface area (Å²) in [5.41, 5.74) is 6.05. The minimum atomic E-state index is -4.33. The summed E-state index contributed by atoms with van der Waals surface area (Å²) >= 11 is 5.35. The van der Waals surface area contributed by atoms with Gasteiger partial charge in [-0.05, 0) is 18.7 Å². The van der Waals surface area contributed by atoms with Crippen molar-refractivity contribution in [1.82, 2.24) is 49.9 Å². The van der Waals surface area contributed by atoms with Gasteiger partial charge in [0.05, 0.1) is 13.2 Å². The average molecular weight is 633 g/mol. The van der Waals surface area contributed by atoms with Gasteiger partial charge >= 0.3 is 0 Å². The molecule has 6 rings (SSSR count). The number of H-pyrrole nitrogens is 1. The van der Waals surface area contributed by atoms with Crippen molar-refractivity contribution in [1.29, 1.82) is 0 Å². The first-order valence-electron chi connectivity index (χ1n) is 12.2. The Morgan fingerprint density at radius 2 is 1.88 bits per heavy atom. The van der Waals surface area contributed by atoms with Crippen molar-refractivity contribution in [3.63, 3.8) is 0 Å². The Morgan fingerprint density at radius 3 is 2.60 bits per heavy atom. The van der Waals surface area contributed by atoms with Crippen LogP contribution in [0.4, 0.5) is 20.5 Å². The number of aliphatic hydroxyl groups is 2. The van der Waals surface area contributed by atoms with Crippen LogP contribution in [0.2, 0.25) is 0 Å². The van der Waals surface area contributed by atoms with E-state index in [2.05, 4.69) is 40.6 Å². The number of aliphatic hydroxyl groups excluding tert-OH is 2. The summed E-state index contributed by atoms with van der Waals surface area (Å²) in [5, 5.41) is 35.5. The smallest absolute Gasteiger partial charge is 0.282 e. The molecule has 19 nitrogen and oxygen atoms in total. The maximum absolute atomic E-state index is 16.2. The molecule has 226 valence electrons. The van der Waals surface area contributed by atoms with Crippen LogP contribution in [0.3, 0.4) is 0 Å². The number of nitrogen functional groups attached to an aromatic ring is 2. The topological polar surface area (TPSA) is 273 Å². The van der Waals surface area contributed by atoms with Crippen molar-refractivity contribution in [2.24, 2.45) is 0 Å². The number of nitrogens with two attached hydrogens (primary N) is 2. The quantitative estimate of drug-likeness (QED) is 0.118. The summed E-state index contributed by atoms with van der Waals surface area (Å²) in [4.78, 5) is 37.6. The van der Waals surface area contributed by atoms with Crippen LogP contribution < -0.4 is 17.0 Å². The Bertz CT molecular complexity index is 1770. The Morgan fingerprint density at radius 1 is 1.19 bits per heavy atom. The predicted octanol–water partition coefficient (Wildman–Crippen LogP) is -2.18. The van der Waals surface area contributed by atoms with Crippen molar-refractivity contribution in [2.75, 3.05) is 24.7 Å². The molecule has 2 aliphatic rings. The fourth-order valence-corrected chi connectivity index (χ4v) is 7.98. The molecule has 2 fully saturated rings. The summed E-state index contributed by atoms with van der Waals surface area (Å²) in [6.07, 6.45) is -8.76. The van der Waals surface area contributed by atoms with Crippen molar-refractivity contribution >= 4 is 52.4 Å². The number of alkyl halides is 2. The molecular weight excluding hydrogens is 609 g/mol. The van der Waals surface area contributed by atoms with E-state index < -0.39 is 73.5 Å². The zero-order valence-electron chi connectivity index (χ0n) is 21.3. The second kappa shape index (κ2) is 10.1. The lowest BCUT2D eigenvalue weighted by Gasteiger charge is -2.33. The number of ether oxygens (including phenoxy) is 2. The van der Waals surface area contributed by atoms with Crippen LogP contribution in [0.5, 0.6) is 0 Å². The van der Waals surface area contributed by atoms with Crippen LogP contribution in [-0.4, -0.2) is 114 Å². The van der Waals surface area contributed by atoms with Gasteiger partial charge in [-0.1, -0.05) is 10.4 Å². The second-order valence-corrected chi connectivity index (χ2v) is 13.3. The Labute approximate surface area is 237 Å². The van der Waals surface area contributed by atoms with E-state index >= 15 is 8.78 Å². The summed E-state index contributed by atoms with van der Waals surface area (Å²) in [7, 11) is 0. The Kier molecular flexibility index (Phi) is 6.92. The van der Waals surface area contributed by atoms with Gasteiger partial charge in [0.15, 0.2) is 58.9 Å². The van der Waals surface area contributed by atoms with E-state index in [-0.39, 0.29) is 34.1 Å². The van der Waals surface area contributed by atoms with Gasteiger partial charge in [-0.3, -0.25) is 9.78 Å². The van der Waals surface area contributed by atoms with Gasteiger partial charge in [-0.15, -0.1) is 10.2 Å². The molecule has 8 N–H and O–H groups in total. The van der Waals surface area contributed by atoms with Gasteiger partial charge in [0.2, 0.25) is 5.95 Å². The van der Waals surface area contributed by atoms with Crippen molar-refractivity contribution in [2.45, 2.75) is 55.2 Å². The van der Waals surface area contributed by atoms with Crippen molar-refractivity contribution in [3.8, 4) is 0 Å². The molecule has 2 aliphatic heterocycles. The largest absolute Gasteiger partial charge is 0.394 e. The van der Waals surface area contributed by atoms with E-state index in [1.54, 1.807) is 0 Å². The number of aromatic amines is 1. The minimum absolute atomic E-state index is 0.00694. The lowest BCUT2D eigenvalue weighted by molar-refractivity contribution is -0.0536. The molecule has 0 radical (unpaired) electrons. The first-order chi connectivity index (χ1) is 19.8. The normalized spacial score (nSPS) is 33.0. The summed E-state index contributed by atoms with van der Waals surface area (Å²) < 4.78 is 50.1. The van der Waals surface area contributed by atoms with Crippen LogP contribution in [-0.2, 0) is 25.8 Å². The molecule has 9 atom stereocenters. The number of nitrogens with one attached hydrogen (secondary N) is 1. The minimum Gasteiger partial charge on any atom is -0.394 e. The molecule has 4 aromatic heterocycles. The lowest BCUT2D eigenvalue weighted by Crippen LogP contribution is -2.43. The maximum Gasteiger partial charge on any atom is 0.282 e. The van der Waals surface area contributed by atoms with Crippen molar-refractivity contribution in [3.05, 3.63) is 16.7 Å². The van der Waals surface area contributed by atoms with Gasteiger partial charge in [0.25, 0.3) is 5.56 Å². The van der Waals surface area contributed by atoms with Crippen LogP contribution in [0.15, 0.2) is 11.1 Å². The third-order valence-electron chi connectivity index (χ3n) is 7.14. The molecule has 0 aliphatic carbocycles. The fourth-order valence-electron chi connectivity index (χ4n) is 5.02.